The van der Waals surface area contributed by atoms with Gasteiger partial charge in [0.15, 0.2) is 0 Å². The Morgan fingerprint density at radius 3 is 2.08 bits per heavy atom. The summed E-state index contributed by atoms with van der Waals surface area (Å²) in [6.07, 6.45) is 2.70. The van der Waals surface area contributed by atoms with Crippen molar-refractivity contribution in [2.45, 2.75) is 45.3 Å². The minimum Gasteiger partial charge on any atom is -0.212 e. The summed E-state index contributed by atoms with van der Waals surface area (Å²) in [7, 11) is 2.05. The van der Waals surface area contributed by atoms with Gasteiger partial charge in [0.05, 0.1) is 5.25 Å². The Labute approximate surface area is 85.1 Å². The lowest BCUT2D eigenvalue weighted by Crippen LogP contribution is -2.31. The van der Waals surface area contributed by atoms with Gasteiger partial charge >= 0.3 is 0 Å². The summed E-state index contributed by atoms with van der Waals surface area (Å²) >= 11 is 0. The summed E-state index contributed by atoms with van der Waals surface area (Å²) in [5.74, 6) is 0.218. The first-order valence-corrected chi connectivity index (χ1v) is 7.03. The fourth-order valence-corrected chi connectivity index (χ4v) is 4.28. The van der Waals surface area contributed by atoms with Crippen molar-refractivity contribution in [3.8, 4) is 0 Å². The fraction of sp³-hybridized carbons (Fsp3) is 1.00. The van der Waals surface area contributed by atoms with E-state index in [2.05, 4.69) is 20.8 Å². The molecule has 0 spiro atoms. The number of rotatable bonds is 1. The third-order valence-electron chi connectivity index (χ3n) is 2.93. The average molecular weight is 225 g/mol. The van der Waals surface area contributed by atoms with E-state index in [-0.39, 0.29) is 16.6 Å². The first kappa shape index (κ1) is 11.3. The van der Waals surface area contributed by atoms with Crippen molar-refractivity contribution in [1.82, 2.24) is 0 Å². The Morgan fingerprint density at radius 1 is 1.23 bits per heavy atom. The monoisotopic (exact) mass is 224 g/mol. The molecule has 2 unspecified atom stereocenters. The van der Waals surface area contributed by atoms with Crippen molar-refractivity contribution in [3.63, 3.8) is 0 Å². The second-order valence-electron chi connectivity index (χ2n) is 4.92. The molecule has 2 atom stereocenters. The molecule has 13 heavy (non-hydrogen) atoms. The maximum atomic E-state index is 11.3. The summed E-state index contributed by atoms with van der Waals surface area (Å²) < 4.78 is 22.5. The zero-order valence-corrected chi connectivity index (χ0v) is 9.95. The minimum absolute atomic E-state index is 0.0448. The third-order valence-corrected chi connectivity index (χ3v) is 4.90. The van der Waals surface area contributed by atoms with Crippen molar-refractivity contribution < 1.29 is 8.42 Å². The molecule has 0 aromatic heterocycles. The maximum absolute atomic E-state index is 11.3. The van der Waals surface area contributed by atoms with Gasteiger partial charge in [0.25, 0.3) is 0 Å². The van der Waals surface area contributed by atoms with Crippen molar-refractivity contribution in [2.24, 2.45) is 11.3 Å². The van der Waals surface area contributed by atoms with E-state index in [9.17, 15) is 8.42 Å². The van der Waals surface area contributed by atoms with Gasteiger partial charge in [-0.25, -0.2) is 8.42 Å². The van der Waals surface area contributed by atoms with Gasteiger partial charge in [-0.05, 0) is 24.2 Å². The van der Waals surface area contributed by atoms with Gasteiger partial charge in [0.2, 0.25) is 9.05 Å². The van der Waals surface area contributed by atoms with Crippen LogP contribution < -0.4 is 0 Å². The molecule has 0 radical (unpaired) electrons. The van der Waals surface area contributed by atoms with Gasteiger partial charge in [0, 0.05) is 10.7 Å². The Balaban J connectivity index is 2.89. The third kappa shape index (κ3) is 2.59. The van der Waals surface area contributed by atoms with E-state index in [0.717, 1.165) is 19.3 Å². The van der Waals surface area contributed by atoms with Gasteiger partial charge < -0.3 is 0 Å². The molecule has 1 aliphatic rings. The van der Waals surface area contributed by atoms with Crippen molar-refractivity contribution in [1.29, 1.82) is 0 Å². The minimum atomic E-state index is -3.36. The highest BCUT2D eigenvalue weighted by atomic mass is 35.7. The molecule has 0 amide bonds. The van der Waals surface area contributed by atoms with Gasteiger partial charge in [0.1, 0.15) is 0 Å². The zero-order valence-electron chi connectivity index (χ0n) is 8.38. The molecule has 78 valence electrons. The van der Waals surface area contributed by atoms with Crippen LogP contribution >= 0.6 is 10.7 Å². The smallest absolute Gasteiger partial charge is 0.212 e. The molecule has 0 N–H and O–H groups in total. The highest BCUT2D eigenvalue weighted by Crippen LogP contribution is 2.43. The lowest BCUT2D eigenvalue weighted by molar-refractivity contribution is 0.248. The largest absolute Gasteiger partial charge is 0.235 e. The Morgan fingerprint density at radius 2 is 1.77 bits per heavy atom. The van der Waals surface area contributed by atoms with Crippen LogP contribution in [0.4, 0.5) is 0 Å². The lowest BCUT2D eigenvalue weighted by atomic mass is 9.79. The van der Waals surface area contributed by atoms with Crippen LogP contribution in [0.1, 0.15) is 40.0 Å². The molecule has 1 saturated carbocycles. The second-order valence-corrected chi connectivity index (χ2v) is 7.76. The van der Waals surface area contributed by atoms with Crippen molar-refractivity contribution >= 4 is 19.7 Å². The highest BCUT2D eigenvalue weighted by molar-refractivity contribution is 8.14. The van der Waals surface area contributed by atoms with E-state index < -0.39 is 9.05 Å². The molecule has 0 aliphatic heterocycles. The summed E-state index contributed by atoms with van der Waals surface area (Å²) in [6, 6.07) is 0. The summed E-state index contributed by atoms with van der Waals surface area (Å²) in [4.78, 5) is 0. The molecule has 0 bridgehead atoms. The maximum Gasteiger partial charge on any atom is 0.235 e. The molecule has 0 aromatic rings. The molecule has 0 saturated heterocycles. The Bertz CT molecular complexity index is 276. The summed E-state index contributed by atoms with van der Waals surface area (Å²) in [5, 5.41) is -0.325. The van der Waals surface area contributed by atoms with Crippen LogP contribution in [0.5, 0.6) is 0 Å². The van der Waals surface area contributed by atoms with Crippen LogP contribution in [-0.4, -0.2) is 13.7 Å². The molecule has 1 fully saturated rings. The van der Waals surface area contributed by atoms with E-state index in [4.69, 9.17) is 10.7 Å². The van der Waals surface area contributed by atoms with Gasteiger partial charge in [-0.15, -0.1) is 0 Å². The molecule has 1 aliphatic carbocycles. The number of halogens is 1. The van der Waals surface area contributed by atoms with Crippen LogP contribution in [0.2, 0.25) is 0 Å². The fourth-order valence-electron chi connectivity index (χ4n) is 2.25. The first-order valence-electron chi connectivity index (χ1n) is 4.66. The summed E-state index contributed by atoms with van der Waals surface area (Å²) in [5.41, 5.74) is 0.0448. The predicted molar refractivity (Wildman–Crippen MR) is 55.4 cm³/mol. The van der Waals surface area contributed by atoms with Crippen LogP contribution in [-0.2, 0) is 9.05 Å². The van der Waals surface area contributed by atoms with Crippen LogP contribution in [0.15, 0.2) is 0 Å². The molecule has 4 heteroatoms. The molecular formula is C9H17ClO2S. The lowest BCUT2D eigenvalue weighted by Gasteiger charge is -2.30. The summed E-state index contributed by atoms with van der Waals surface area (Å²) in [6.45, 7) is 6.24. The van der Waals surface area contributed by atoms with Gasteiger partial charge in [-0.2, -0.15) is 0 Å². The van der Waals surface area contributed by atoms with Crippen LogP contribution in [0.25, 0.3) is 0 Å². The standard InChI is InChI=1S/C9H17ClO2S/c1-9(2,3)7-5-4-6-8(7)13(10,11)12/h7-8H,4-6H2,1-3H3. The SMILES string of the molecule is CC(C)(C)C1CCCC1S(=O)(=O)Cl. The van der Waals surface area contributed by atoms with E-state index in [1.54, 1.807) is 0 Å². The first-order chi connectivity index (χ1) is 5.73. The molecule has 0 aromatic carbocycles. The van der Waals surface area contributed by atoms with E-state index >= 15 is 0 Å². The van der Waals surface area contributed by atoms with E-state index in [1.807, 2.05) is 0 Å². The molecular weight excluding hydrogens is 208 g/mol. The molecule has 0 heterocycles. The highest BCUT2D eigenvalue weighted by Gasteiger charge is 2.42. The predicted octanol–water partition coefficient (Wildman–Crippen LogP) is 2.77. The molecule has 1 rings (SSSR count). The normalized spacial score (nSPS) is 30.8. The zero-order chi connectivity index (χ0) is 10.3. The number of hydrogen-bond acceptors (Lipinski definition) is 2. The van der Waals surface area contributed by atoms with Crippen molar-refractivity contribution in [3.05, 3.63) is 0 Å². The Kier molecular flexibility index (Phi) is 2.98. The second kappa shape index (κ2) is 3.43. The van der Waals surface area contributed by atoms with Gasteiger partial charge in [-0.1, -0.05) is 27.2 Å². The van der Waals surface area contributed by atoms with Crippen LogP contribution in [0.3, 0.4) is 0 Å². The average Bonchev–Trinajstić information content (AvgIpc) is 2.27. The molecule has 2 nitrogen and oxygen atoms in total. The Hall–Kier alpha value is 0.240. The van der Waals surface area contributed by atoms with E-state index in [1.165, 1.54) is 0 Å². The van der Waals surface area contributed by atoms with Crippen molar-refractivity contribution in [2.75, 3.05) is 0 Å². The van der Waals surface area contributed by atoms with E-state index in [0.29, 0.717) is 0 Å². The number of hydrogen-bond donors (Lipinski definition) is 0. The topological polar surface area (TPSA) is 34.1 Å². The van der Waals surface area contributed by atoms with Gasteiger partial charge in [-0.3, -0.25) is 0 Å². The quantitative estimate of drug-likeness (QED) is 0.642. The van der Waals surface area contributed by atoms with Crippen LogP contribution in [0, 0.1) is 11.3 Å².